The Kier molecular flexibility index (Phi) is 4.59. The van der Waals surface area contributed by atoms with Crippen LogP contribution in [-0.2, 0) is 10.2 Å². The summed E-state index contributed by atoms with van der Waals surface area (Å²) in [5.74, 6) is 1.45. The van der Waals surface area contributed by atoms with Crippen molar-refractivity contribution in [2.24, 2.45) is 5.92 Å². The van der Waals surface area contributed by atoms with E-state index in [0.29, 0.717) is 17.5 Å². The molecule has 0 bridgehead atoms. The van der Waals surface area contributed by atoms with Crippen LogP contribution in [0.25, 0.3) is 0 Å². The van der Waals surface area contributed by atoms with Gasteiger partial charge in [-0.2, -0.15) is 5.26 Å². The molecule has 0 N–H and O–H groups in total. The highest BCUT2D eigenvalue weighted by Gasteiger charge is 2.35. The Morgan fingerprint density at radius 2 is 2.09 bits per heavy atom. The van der Waals surface area contributed by atoms with Gasteiger partial charge in [-0.25, -0.2) is 4.98 Å². The average molecular weight is 313 g/mol. The third-order valence-electron chi connectivity index (χ3n) is 5.07. The topological polar surface area (TPSA) is 49.2 Å². The molecule has 0 spiro atoms. The molecule has 4 heteroatoms. The molecule has 23 heavy (non-hydrogen) atoms. The smallest absolute Gasteiger partial charge is 0.147 e. The van der Waals surface area contributed by atoms with Crippen LogP contribution in [0.4, 0.5) is 5.82 Å². The van der Waals surface area contributed by atoms with Gasteiger partial charge in [0.05, 0.1) is 12.2 Å². The minimum Gasteiger partial charge on any atom is -0.381 e. The van der Waals surface area contributed by atoms with Gasteiger partial charge in [0.15, 0.2) is 0 Å². The van der Waals surface area contributed by atoms with Gasteiger partial charge in [0, 0.05) is 36.2 Å². The van der Waals surface area contributed by atoms with Gasteiger partial charge in [-0.1, -0.05) is 20.8 Å². The maximum absolute atomic E-state index is 9.53. The molecule has 0 amide bonds. The number of aromatic nitrogens is 1. The summed E-state index contributed by atoms with van der Waals surface area (Å²) >= 11 is 0. The van der Waals surface area contributed by atoms with Gasteiger partial charge < -0.3 is 9.64 Å². The molecule has 0 radical (unpaired) electrons. The summed E-state index contributed by atoms with van der Waals surface area (Å²) in [5.41, 5.74) is 1.74. The van der Waals surface area contributed by atoms with Crippen molar-refractivity contribution in [3.05, 3.63) is 23.4 Å². The first kappa shape index (κ1) is 16.3. The van der Waals surface area contributed by atoms with Gasteiger partial charge in [0.1, 0.15) is 11.9 Å². The molecule has 3 heterocycles. The molecular formula is C19H27N3O. The van der Waals surface area contributed by atoms with Gasteiger partial charge in [0.25, 0.3) is 0 Å². The maximum atomic E-state index is 9.53. The SMILES string of the molecule is CC(C)(C)c1ccc(C#N)c(N2CCCC2C2CCCOC2)n1. The van der Waals surface area contributed by atoms with Crippen molar-refractivity contribution in [2.45, 2.75) is 57.9 Å². The molecule has 2 unspecified atom stereocenters. The van der Waals surface area contributed by atoms with Crippen LogP contribution in [0.3, 0.4) is 0 Å². The van der Waals surface area contributed by atoms with Crippen molar-refractivity contribution >= 4 is 5.82 Å². The van der Waals surface area contributed by atoms with Crippen molar-refractivity contribution in [2.75, 3.05) is 24.7 Å². The number of anilines is 1. The largest absolute Gasteiger partial charge is 0.381 e. The van der Waals surface area contributed by atoms with Crippen LogP contribution < -0.4 is 4.90 Å². The van der Waals surface area contributed by atoms with E-state index in [1.165, 1.54) is 19.3 Å². The molecule has 1 aromatic heterocycles. The molecular weight excluding hydrogens is 286 g/mol. The zero-order valence-electron chi connectivity index (χ0n) is 14.5. The predicted molar refractivity (Wildman–Crippen MR) is 91.6 cm³/mol. The minimum atomic E-state index is -0.00803. The van der Waals surface area contributed by atoms with E-state index in [-0.39, 0.29) is 5.41 Å². The van der Waals surface area contributed by atoms with Crippen molar-refractivity contribution in [3.8, 4) is 6.07 Å². The number of hydrogen-bond acceptors (Lipinski definition) is 4. The van der Waals surface area contributed by atoms with Gasteiger partial charge in [-0.15, -0.1) is 0 Å². The Hall–Kier alpha value is -1.60. The van der Waals surface area contributed by atoms with E-state index in [0.717, 1.165) is 37.7 Å². The third kappa shape index (κ3) is 3.35. The number of hydrogen-bond donors (Lipinski definition) is 0. The fourth-order valence-electron chi connectivity index (χ4n) is 3.79. The molecule has 2 aliphatic heterocycles. The van der Waals surface area contributed by atoms with Crippen LogP contribution in [0, 0.1) is 17.2 Å². The quantitative estimate of drug-likeness (QED) is 0.836. The van der Waals surface area contributed by atoms with Gasteiger partial charge in [-0.05, 0) is 37.8 Å². The van der Waals surface area contributed by atoms with Crippen LogP contribution in [0.1, 0.15) is 57.7 Å². The standard InChI is InChI=1S/C19H27N3O/c1-19(2,3)17-9-8-14(12-20)18(21-17)22-10-4-7-16(22)15-6-5-11-23-13-15/h8-9,15-16H,4-7,10-11,13H2,1-3H3. The summed E-state index contributed by atoms with van der Waals surface area (Å²) < 4.78 is 5.70. The highest BCUT2D eigenvalue weighted by molar-refractivity contribution is 5.56. The normalized spacial score (nSPS) is 25.4. The molecule has 0 aromatic carbocycles. The first-order valence-electron chi connectivity index (χ1n) is 8.76. The van der Waals surface area contributed by atoms with Crippen LogP contribution >= 0.6 is 0 Å². The zero-order valence-corrected chi connectivity index (χ0v) is 14.5. The van der Waals surface area contributed by atoms with E-state index in [1.807, 2.05) is 12.1 Å². The molecule has 124 valence electrons. The van der Waals surface area contributed by atoms with Gasteiger partial charge in [-0.3, -0.25) is 0 Å². The lowest BCUT2D eigenvalue weighted by atomic mass is 9.90. The number of rotatable bonds is 2. The summed E-state index contributed by atoms with van der Waals surface area (Å²) in [7, 11) is 0. The number of nitrogens with zero attached hydrogens (tertiary/aromatic N) is 3. The van der Waals surface area contributed by atoms with Crippen molar-refractivity contribution in [1.82, 2.24) is 4.98 Å². The second-order valence-electron chi connectivity index (χ2n) is 7.81. The first-order chi connectivity index (χ1) is 11.0. The molecule has 2 aliphatic rings. The molecule has 1 aromatic rings. The number of pyridine rings is 1. The Morgan fingerprint density at radius 3 is 2.74 bits per heavy atom. The van der Waals surface area contributed by atoms with E-state index in [1.54, 1.807) is 0 Å². The zero-order chi connectivity index (χ0) is 16.4. The summed E-state index contributed by atoms with van der Waals surface area (Å²) in [6.07, 6.45) is 4.73. The molecule has 2 fully saturated rings. The van der Waals surface area contributed by atoms with E-state index < -0.39 is 0 Å². The van der Waals surface area contributed by atoms with Gasteiger partial charge >= 0.3 is 0 Å². The van der Waals surface area contributed by atoms with Crippen LogP contribution in [0.15, 0.2) is 12.1 Å². The van der Waals surface area contributed by atoms with Crippen molar-refractivity contribution in [1.29, 1.82) is 5.26 Å². The predicted octanol–water partition coefficient (Wildman–Crippen LogP) is 3.65. The molecule has 3 rings (SSSR count). The lowest BCUT2D eigenvalue weighted by Crippen LogP contribution is -2.40. The second kappa shape index (κ2) is 6.49. The van der Waals surface area contributed by atoms with Crippen molar-refractivity contribution in [3.63, 3.8) is 0 Å². The second-order valence-corrected chi connectivity index (χ2v) is 7.81. The minimum absolute atomic E-state index is 0.00803. The summed E-state index contributed by atoms with van der Waals surface area (Å²) in [4.78, 5) is 7.29. The number of ether oxygens (including phenoxy) is 1. The summed E-state index contributed by atoms with van der Waals surface area (Å²) in [5, 5.41) is 9.53. The number of nitriles is 1. The summed E-state index contributed by atoms with van der Waals surface area (Å²) in [6.45, 7) is 9.24. The van der Waals surface area contributed by atoms with E-state index in [9.17, 15) is 5.26 Å². The van der Waals surface area contributed by atoms with Gasteiger partial charge in [0.2, 0.25) is 0 Å². The first-order valence-corrected chi connectivity index (χ1v) is 8.76. The monoisotopic (exact) mass is 313 g/mol. The lowest BCUT2D eigenvalue weighted by Gasteiger charge is -2.35. The highest BCUT2D eigenvalue weighted by Crippen LogP contribution is 2.35. The Morgan fingerprint density at radius 1 is 1.26 bits per heavy atom. The Labute approximate surface area is 139 Å². The molecule has 0 saturated carbocycles. The van der Waals surface area contributed by atoms with Crippen LogP contribution in [-0.4, -0.2) is 30.8 Å². The third-order valence-corrected chi connectivity index (χ3v) is 5.07. The average Bonchev–Trinajstić information content (AvgIpc) is 3.03. The molecule has 2 atom stereocenters. The molecule has 2 saturated heterocycles. The fraction of sp³-hybridized carbons (Fsp3) is 0.684. The fourth-order valence-corrected chi connectivity index (χ4v) is 3.79. The maximum Gasteiger partial charge on any atom is 0.147 e. The van der Waals surface area contributed by atoms with E-state index in [2.05, 4.69) is 31.7 Å². The Balaban J connectivity index is 1.93. The lowest BCUT2D eigenvalue weighted by molar-refractivity contribution is 0.0454. The molecule has 0 aliphatic carbocycles. The van der Waals surface area contributed by atoms with E-state index in [4.69, 9.17) is 9.72 Å². The molecule has 4 nitrogen and oxygen atoms in total. The Bertz CT molecular complexity index is 594. The van der Waals surface area contributed by atoms with Crippen LogP contribution in [0.5, 0.6) is 0 Å². The highest BCUT2D eigenvalue weighted by atomic mass is 16.5. The summed E-state index contributed by atoms with van der Waals surface area (Å²) in [6, 6.07) is 6.74. The van der Waals surface area contributed by atoms with E-state index >= 15 is 0 Å². The van der Waals surface area contributed by atoms with Crippen LogP contribution in [0.2, 0.25) is 0 Å². The van der Waals surface area contributed by atoms with Crippen molar-refractivity contribution < 1.29 is 4.74 Å².